The second-order valence-electron chi connectivity index (χ2n) is 3.06. The first-order valence-electron chi connectivity index (χ1n) is 4.90. The van der Waals surface area contributed by atoms with Crippen LogP contribution in [0.3, 0.4) is 0 Å². The van der Waals surface area contributed by atoms with Gasteiger partial charge < -0.3 is 5.21 Å². The van der Waals surface area contributed by atoms with E-state index in [0.29, 0.717) is 5.56 Å². The molecular formula is C10H4Cl4N6O. The van der Waals surface area contributed by atoms with Crippen molar-refractivity contribution in [2.75, 3.05) is 0 Å². The molecule has 108 valence electrons. The van der Waals surface area contributed by atoms with Crippen molar-refractivity contribution >= 4 is 52.6 Å². The standard InChI is InChI=1S/C5H3Cl2N3O.C5HCl2N3/c6-4-3(1-10-11)5(7)9-2-8-4;6-4-3(1-8)5(7)10-2-9-4/h1-2,11H;2H/b10-1+;. The molecule has 0 aliphatic carbocycles. The van der Waals surface area contributed by atoms with Crippen LogP contribution in [0.25, 0.3) is 0 Å². The molecule has 0 radical (unpaired) electrons. The second kappa shape index (κ2) is 8.54. The van der Waals surface area contributed by atoms with Crippen molar-refractivity contribution in [3.63, 3.8) is 0 Å². The molecule has 21 heavy (non-hydrogen) atoms. The number of halogens is 4. The Bertz CT molecular complexity index is 662. The Labute approximate surface area is 138 Å². The predicted octanol–water partition coefficient (Wildman–Crippen LogP) is 3.25. The number of nitriles is 1. The summed E-state index contributed by atoms with van der Waals surface area (Å²) in [6.45, 7) is 0. The van der Waals surface area contributed by atoms with E-state index in [1.807, 2.05) is 0 Å². The van der Waals surface area contributed by atoms with E-state index in [0.717, 1.165) is 6.21 Å². The molecule has 0 fully saturated rings. The van der Waals surface area contributed by atoms with Crippen LogP contribution in [0.1, 0.15) is 11.1 Å². The molecule has 2 aromatic rings. The highest BCUT2D eigenvalue weighted by atomic mass is 35.5. The summed E-state index contributed by atoms with van der Waals surface area (Å²) in [6.07, 6.45) is 3.50. The van der Waals surface area contributed by atoms with Crippen LogP contribution in [0, 0.1) is 11.3 Å². The lowest BCUT2D eigenvalue weighted by Gasteiger charge is -1.95. The monoisotopic (exact) mass is 364 g/mol. The zero-order valence-electron chi connectivity index (χ0n) is 9.87. The summed E-state index contributed by atoms with van der Waals surface area (Å²) >= 11 is 22.1. The maximum absolute atomic E-state index is 8.40. The number of nitrogens with zero attached hydrogens (tertiary/aromatic N) is 6. The summed E-state index contributed by atoms with van der Waals surface area (Å²) < 4.78 is 0. The van der Waals surface area contributed by atoms with Gasteiger partial charge in [-0.3, -0.25) is 0 Å². The van der Waals surface area contributed by atoms with Gasteiger partial charge in [0.15, 0.2) is 10.3 Å². The van der Waals surface area contributed by atoms with Gasteiger partial charge in [-0.1, -0.05) is 51.6 Å². The van der Waals surface area contributed by atoms with E-state index in [1.54, 1.807) is 6.07 Å². The Morgan fingerprint density at radius 2 is 1.38 bits per heavy atom. The van der Waals surface area contributed by atoms with E-state index in [9.17, 15) is 0 Å². The van der Waals surface area contributed by atoms with Gasteiger partial charge in [0.2, 0.25) is 0 Å². The second-order valence-corrected chi connectivity index (χ2v) is 4.49. The summed E-state index contributed by atoms with van der Waals surface area (Å²) in [6, 6.07) is 1.77. The Kier molecular flexibility index (Phi) is 7.05. The molecule has 11 heteroatoms. The van der Waals surface area contributed by atoms with Gasteiger partial charge >= 0.3 is 0 Å². The summed E-state index contributed by atoms with van der Waals surface area (Å²) in [5.74, 6) is 0. The van der Waals surface area contributed by atoms with Crippen molar-refractivity contribution < 1.29 is 5.21 Å². The molecule has 2 aromatic heterocycles. The molecule has 0 spiro atoms. The third kappa shape index (κ3) is 4.95. The number of aromatic nitrogens is 4. The minimum Gasteiger partial charge on any atom is -0.411 e. The minimum atomic E-state index is 0.0856. The van der Waals surface area contributed by atoms with Crippen molar-refractivity contribution in [3.8, 4) is 6.07 Å². The van der Waals surface area contributed by atoms with Crippen LogP contribution >= 0.6 is 46.4 Å². The van der Waals surface area contributed by atoms with E-state index < -0.39 is 0 Å². The van der Waals surface area contributed by atoms with Gasteiger partial charge in [0, 0.05) is 0 Å². The summed E-state index contributed by atoms with van der Waals surface area (Å²) in [5.41, 5.74) is 0.421. The first-order valence-corrected chi connectivity index (χ1v) is 6.42. The smallest absolute Gasteiger partial charge is 0.151 e. The van der Waals surface area contributed by atoms with Crippen LogP contribution < -0.4 is 0 Å². The Hall–Kier alpha value is -1.72. The molecule has 0 aliphatic rings. The third-order valence-corrected chi connectivity index (χ3v) is 3.02. The number of rotatable bonds is 1. The molecule has 0 amide bonds. The molecule has 7 nitrogen and oxygen atoms in total. The van der Waals surface area contributed by atoms with Crippen LogP contribution in [-0.4, -0.2) is 31.4 Å². The Balaban J connectivity index is 0.000000211. The van der Waals surface area contributed by atoms with Gasteiger partial charge in [-0.05, 0) is 0 Å². The topological polar surface area (TPSA) is 108 Å². The van der Waals surface area contributed by atoms with Gasteiger partial charge in [-0.25, -0.2) is 19.9 Å². The molecule has 0 saturated heterocycles. The van der Waals surface area contributed by atoms with Crippen LogP contribution in [-0.2, 0) is 0 Å². The van der Waals surface area contributed by atoms with E-state index >= 15 is 0 Å². The van der Waals surface area contributed by atoms with Crippen molar-refractivity contribution in [1.29, 1.82) is 5.26 Å². The van der Waals surface area contributed by atoms with Crippen LogP contribution in [0.2, 0.25) is 20.6 Å². The lowest BCUT2D eigenvalue weighted by Crippen LogP contribution is -1.90. The summed E-state index contributed by atoms with van der Waals surface area (Å²) in [7, 11) is 0. The maximum atomic E-state index is 8.40. The number of hydrogen-bond acceptors (Lipinski definition) is 7. The average molecular weight is 366 g/mol. The lowest BCUT2D eigenvalue weighted by molar-refractivity contribution is 0.322. The maximum Gasteiger partial charge on any atom is 0.151 e. The van der Waals surface area contributed by atoms with E-state index in [1.165, 1.54) is 12.7 Å². The molecule has 0 aliphatic heterocycles. The van der Waals surface area contributed by atoms with E-state index in [4.69, 9.17) is 56.9 Å². The molecule has 0 bridgehead atoms. The summed E-state index contributed by atoms with van der Waals surface area (Å²) in [5, 5.41) is 19.8. The van der Waals surface area contributed by atoms with Gasteiger partial charge in [0.25, 0.3) is 0 Å². The Morgan fingerprint density at radius 1 is 0.952 bits per heavy atom. The fourth-order valence-corrected chi connectivity index (χ4v) is 1.77. The van der Waals surface area contributed by atoms with Crippen molar-refractivity contribution in [2.24, 2.45) is 5.16 Å². The quantitative estimate of drug-likeness (QED) is 0.359. The largest absolute Gasteiger partial charge is 0.411 e. The van der Waals surface area contributed by atoms with Crippen molar-refractivity contribution in [2.45, 2.75) is 0 Å². The fourth-order valence-electron chi connectivity index (χ4n) is 0.955. The van der Waals surface area contributed by atoms with Gasteiger partial charge in [-0.15, -0.1) is 0 Å². The number of hydrogen-bond donors (Lipinski definition) is 1. The van der Waals surface area contributed by atoms with Gasteiger partial charge in [0.05, 0.1) is 11.8 Å². The molecule has 0 aromatic carbocycles. The molecule has 0 unspecified atom stereocenters. The fraction of sp³-hybridized carbons (Fsp3) is 0. The van der Waals surface area contributed by atoms with E-state index in [2.05, 4.69) is 25.1 Å². The lowest BCUT2D eigenvalue weighted by atomic mass is 10.4. The van der Waals surface area contributed by atoms with Crippen molar-refractivity contribution in [3.05, 3.63) is 44.4 Å². The molecule has 1 N–H and O–H groups in total. The van der Waals surface area contributed by atoms with Gasteiger partial charge in [0.1, 0.15) is 34.6 Å². The minimum absolute atomic E-state index is 0.0856. The first-order chi connectivity index (χ1) is 10.0. The molecule has 0 saturated carbocycles. The van der Waals surface area contributed by atoms with Gasteiger partial charge in [-0.2, -0.15) is 5.26 Å². The van der Waals surface area contributed by atoms with Crippen molar-refractivity contribution in [1.82, 2.24) is 19.9 Å². The SMILES string of the molecule is N#Cc1c(Cl)ncnc1Cl.O/N=C/c1c(Cl)ncnc1Cl. The highest BCUT2D eigenvalue weighted by molar-refractivity contribution is 6.37. The zero-order valence-corrected chi connectivity index (χ0v) is 12.9. The molecule has 2 heterocycles. The van der Waals surface area contributed by atoms with E-state index in [-0.39, 0.29) is 26.2 Å². The normalized spacial score (nSPS) is 9.86. The van der Waals surface area contributed by atoms with Crippen LogP contribution in [0.5, 0.6) is 0 Å². The zero-order chi connectivity index (χ0) is 15.8. The molecule has 2 rings (SSSR count). The number of oxime groups is 1. The highest BCUT2D eigenvalue weighted by Gasteiger charge is 2.05. The summed E-state index contributed by atoms with van der Waals surface area (Å²) in [4.78, 5) is 14.4. The third-order valence-electron chi connectivity index (χ3n) is 1.84. The average Bonchev–Trinajstić information content (AvgIpc) is 2.44. The van der Waals surface area contributed by atoms with Crippen LogP contribution in [0.15, 0.2) is 17.8 Å². The molecule has 0 atom stereocenters. The molecular weight excluding hydrogens is 362 g/mol. The van der Waals surface area contributed by atoms with Crippen LogP contribution in [0.4, 0.5) is 0 Å². The highest BCUT2D eigenvalue weighted by Crippen LogP contribution is 2.17. The predicted molar refractivity (Wildman–Crippen MR) is 78.2 cm³/mol. The first kappa shape index (κ1) is 17.3. The Morgan fingerprint density at radius 3 is 1.71 bits per heavy atom.